The van der Waals surface area contributed by atoms with E-state index in [2.05, 4.69) is 47.1 Å². The lowest BCUT2D eigenvalue weighted by atomic mass is 9.90. The number of rotatable bonds is 7. The molecule has 0 bridgehead atoms. The Morgan fingerprint density at radius 3 is 2.86 bits per heavy atom. The predicted molar refractivity (Wildman–Crippen MR) is 135 cm³/mol. The summed E-state index contributed by atoms with van der Waals surface area (Å²) in [6.07, 6.45) is 8.40. The third-order valence-corrected chi connectivity index (χ3v) is 6.80. The van der Waals surface area contributed by atoms with Crippen LogP contribution in [0.15, 0.2) is 29.6 Å². The van der Waals surface area contributed by atoms with Gasteiger partial charge in [0, 0.05) is 51.9 Å². The van der Waals surface area contributed by atoms with E-state index in [0.717, 1.165) is 50.3 Å². The molecule has 0 saturated carbocycles. The van der Waals surface area contributed by atoms with Crippen molar-refractivity contribution in [3.63, 3.8) is 0 Å². The Balaban J connectivity index is 1.15. The van der Waals surface area contributed by atoms with Crippen molar-refractivity contribution in [1.82, 2.24) is 25.6 Å². The summed E-state index contributed by atoms with van der Waals surface area (Å²) < 4.78 is 19.5. The summed E-state index contributed by atoms with van der Waals surface area (Å²) in [4.78, 5) is 17.1. The molecule has 3 fully saturated rings. The monoisotopic (exact) mass is 483 g/mol. The van der Waals surface area contributed by atoms with Gasteiger partial charge in [-0.2, -0.15) is 10.1 Å². The van der Waals surface area contributed by atoms with E-state index in [1.807, 2.05) is 17.2 Å². The minimum Gasteiger partial charge on any atom is -0.378 e. The molecule has 35 heavy (non-hydrogen) atoms. The Labute approximate surface area is 205 Å². The Morgan fingerprint density at radius 1 is 1.14 bits per heavy atom. The lowest BCUT2D eigenvalue weighted by Gasteiger charge is -2.36. The van der Waals surface area contributed by atoms with E-state index in [-0.39, 0.29) is 11.8 Å². The van der Waals surface area contributed by atoms with Crippen molar-refractivity contribution in [2.75, 3.05) is 74.3 Å². The van der Waals surface area contributed by atoms with E-state index in [0.29, 0.717) is 38.3 Å². The van der Waals surface area contributed by atoms with Gasteiger partial charge in [-0.1, -0.05) is 0 Å². The first kappa shape index (κ1) is 23.8. The van der Waals surface area contributed by atoms with Crippen molar-refractivity contribution in [3.8, 4) is 0 Å². The minimum absolute atomic E-state index is 0.239. The fraction of sp³-hybridized carbons (Fsp3) is 0.583. The van der Waals surface area contributed by atoms with E-state index in [9.17, 15) is 4.39 Å². The molecule has 0 aromatic carbocycles. The maximum atomic E-state index is 14.2. The van der Waals surface area contributed by atoms with Gasteiger partial charge in [-0.25, -0.2) is 14.8 Å². The summed E-state index contributed by atoms with van der Waals surface area (Å²) in [5.74, 6) is 0.747. The second-order valence-corrected chi connectivity index (χ2v) is 9.32. The van der Waals surface area contributed by atoms with E-state index in [1.165, 1.54) is 19.3 Å². The molecule has 2 atom stereocenters. The van der Waals surface area contributed by atoms with Crippen LogP contribution in [-0.2, 0) is 4.74 Å². The highest BCUT2D eigenvalue weighted by Crippen LogP contribution is 2.26. The SMILES string of the molecule is Fc1cnc(N/N=C/c2ccc(N3CCCC(CC4CNCCN4)C3)cn2)nc1N1CCOCC1. The number of piperazine rings is 1. The number of piperidine rings is 1. The fourth-order valence-corrected chi connectivity index (χ4v) is 5.00. The van der Waals surface area contributed by atoms with Gasteiger partial charge in [0.25, 0.3) is 0 Å². The quantitative estimate of drug-likeness (QED) is 0.399. The summed E-state index contributed by atoms with van der Waals surface area (Å²) in [6, 6.07) is 4.64. The molecule has 0 amide bonds. The summed E-state index contributed by atoms with van der Waals surface area (Å²) >= 11 is 0. The third kappa shape index (κ3) is 6.41. The summed E-state index contributed by atoms with van der Waals surface area (Å²) in [7, 11) is 0. The molecule has 0 aliphatic carbocycles. The number of hydrogen-bond donors (Lipinski definition) is 3. The molecule has 2 unspecified atom stereocenters. The highest BCUT2D eigenvalue weighted by Gasteiger charge is 2.24. The van der Waals surface area contributed by atoms with Crippen molar-refractivity contribution >= 4 is 23.7 Å². The van der Waals surface area contributed by atoms with Crippen molar-refractivity contribution in [1.29, 1.82) is 0 Å². The van der Waals surface area contributed by atoms with Gasteiger partial charge in [-0.15, -0.1) is 0 Å². The average molecular weight is 484 g/mol. The second kappa shape index (κ2) is 11.7. The molecule has 2 aromatic heterocycles. The third-order valence-electron chi connectivity index (χ3n) is 6.80. The van der Waals surface area contributed by atoms with Crippen LogP contribution in [0.3, 0.4) is 0 Å². The molecule has 188 valence electrons. The molecule has 2 aromatic rings. The summed E-state index contributed by atoms with van der Waals surface area (Å²) in [5.41, 5.74) is 4.65. The smallest absolute Gasteiger partial charge is 0.245 e. The van der Waals surface area contributed by atoms with E-state index < -0.39 is 5.82 Å². The minimum atomic E-state index is -0.453. The van der Waals surface area contributed by atoms with Gasteiger partial charge in [-0.05, 0) is 37.3 Å². The number of ether oxygens (including phenoxy) is 1. The molecule has 5 heterocycles. The normalized spacial score (nSPS) is 23.6. The average Bonchev–Trinajstić information content (AvgIpc) is 2.91. The van der Waals surface area contributed by atoms with Crippen LogP contribution in [0, 0.1) is 11.7 Å². The van der Waals surface area contributed by atoms with Gasteiger partial charge in [0.1, 0.15) is 0 Å². The second-order valence-electron chi connectivity index (χ2n) is 9.32. The first-order valence-corrected chi connectivity index (χ1v) is 12.5. The van der Waals surface area contributed by atoms with E-state index in [4.69, 9.17) is 4.74 Å². The summed E-state index contributed by atoms with van der Waals surface area (Å²) in [5, 5.41) is 11.3. The Bertz CT molecular complexity index is 977. The van der Waals surface area contributed by atoms with Crippen molar-refractivity contribution in [2.24, 2.45) is 11.0 Å². The lowest BCUT2D eigenvalue weighted by Crippen LogP contribution is -2.50. The molecule has 3 saturated heterocycles. The molecule has 0 spiro atoms. The first-order valence-electron chi connectivity index (χ1n) is 12.5. The molecule has 3 N–H and O–H groups in total. The van der Waals surface area contributed by atoms with Crippen LogP contribution in [0.25, 0.3) is 0 Å². The van der Waals surface area contributed by atoms with Crippen molar-refractivity contribution in [2.45, 2.75) is 25.3 Å². The van der Waals surface area contributed by atoms with Gasteiger partial charge < -0.3 is 25.2 Å². The largest absolute Gasteiger partial charge is 0.378 e. The number of aromatic nitrogens is 3. The van der Waals surface area contributed by atoms with Crippen LogP contribution < -0.4 is 25.9 Å². The van der Waals surface area contributed by atoms with Crippen molar-refractivity contribution in [3.05, 3.63) is 36.0 Å². The highest BCUT2D eigenvalue weighted by molar-refractivity contribution is 5.78. The molecule has 0 radical (unpaired) electrons. The topological polar surface area (TPSA) is 103 Å². The number of hydrazone groups is 1. The Hall–Kier alpha value is -2.89. The van der Waals surface area contributed by atoms with Crippen molar-refractivity contribution < 1.29 is 9.13 Å². The molecule has 3 aliphatic rings. The fourth-order valence-electron chi connectivity index (χ4n) is 5.00. The first-order chi connectivity index (χ1) is 17.2. The van der Waals surface area contributed by atoms with Gasteiger partial charge in [0.2, 0.25) is 5.95 Å². The van der Waals surface area contributed by atoms with Gasteiger partial charge in [-0.3, -0.25) is 4.98 Å². The molecular weight excluding hydrogens is 449 g/mol. The van der Waals surface area contributed by atoms with Crippen LogP contribution in [0.1, 0.15) is 25.0 Å². The number of halogens is 1. The number of hydrogen-bond acceptors (Lipinski definition) is 10. The zero-order valence-corrected chi connectivity index (χ0v) is 20.0. The highest BCUT2D eigenvalue weighted by atomic mass is 19.1. The van der Waals surface area contributed by atoms with Crippen LogP contribution in [0.5, 0.6) is 0 Å². The molecule has 10 nitrogen and oxygen atoms in total. The number of anilines is 3. The van der Waals surface area contributed by atoms with Gasteiger partial charge in [0.15, 0.2) is 11.6 Å². The zero-order chi connectivity index (χ0) is 23.9. The molecule has 5 rings (SSSR count). The van der Waals surface area contributed by atoms with Crippen LogP contribution >= 0.6 is 0 Å². The lowest BCUT2D eigenvalue weighted by molar-refractivity contribution is 0.122. The number of nitrogens with zero attached hydrogens (tertiary/aromatic N) is 6. The molecule has 11 heteroatoms. The molecule has 3 aliphatic heterocycles. The van der Waals surface area contributed by atoms with Gasteiger partial charge in [0.05, 0.1) is 43.2 Å². The van der Waals surface area contributed by atoms with Crippen LogP contribution in [0.4, 0.5) is 21.8 Å². The maximum absolute atomic E-state index is 14.2. The van der Waals surface area contributed by atoms with Crippen LogP contribution in [-0.4, -0.2) is 86.2 Å². The predicted octanol–water partition coefficient (Wildman–Crippen LogP) is 1.46. The standard InChI is InChI=1S/C24H34FN9O/c25-22-16-29-24(31-23(22)33-8-10-35-11-9-33)32-30-14-19-3-4-21(15-28-19)34-7-1-2-18(17-34)12-20-13-26-5-6-27-20/h3-4,14-16,18,20,26-27H,1-2,5-13,17H2,(H,29,31,32)/b30-14+. The Kier molecular flexibility index (Phi) is 7.96. The summed E-state index contributed by atoms with van der Waals surface area (Å²) in [6.45, 7) is 7.63. The van der Waals surface area contributed by atoms with E-state index in [1.54, 1.807) is 6.21 Å². The van der Waals surface area contributed by atoms with Crippen LogP contribution in [0.2, 0.25) is 0 Å². The number of morpholine rings is 1. The maximum Gasteiger partial charge on any atom is 0.245 e. The van der Waals surface area contributed by atoms with Gasteiger partial charge >= 0.3 is 0 Å². The number of pyridine rings is 1. The number of nitrogens with one attached hydrogen (secondary N) is 3. The van der Waals surface area contributed by atoms with E-state index >= 15 is 0 Å². The molecular formula is C24H34FN9O. The Morgan fingerprint density at radius 2 is 2.06 bits per heavy atom. The zero-order valence-electron chi connectivity index (χ0n) is 20.0.